The first-order valence-electron chi connectivity index (χ1n) is 20.9. The first-order valence-corrected chi connectivity index (χ1v) is 24.2. The molecule has 2 aliphatic heterocycles. The lowest BCUT2D eigenvalue weighted by Crippen LogP contribution is -2.22. The van der Waals surface area contributed by atoms with Crippen LogP contribution in [0.4, 0.5) is 0 Å². The van der Waals surface area contributed by atoms with Crippen LogP contribution in [0.3, 0.4) is 0 Å². The molecule has 338 valence electrons. The van der Waals surface area contributed by atoms with Gasteiger partial charge in [0.2, 0.25) is 5.91 Å². The minimum Gasteiger partial charge on any atom is -0.469 e. The van der Waals surface area contributed by atoms with Gasteiger partial charge in [0.05, 0.1) is 47.6 Å². The predicted molar refractivity (Wildman–Crippen MR) is 244 cm³/mol. The van der Waals surface area contributed by atoms with Crippen LogP contribution in [-0.4, -0.2) is 82.0 Å². The third-order valence-electron chi connectivity index (χ3n) is 12.2. The molecule has 0 aliphatic carbocycles. The molecule has 1 fully saturated rings. The van der Waals surface area contributed by atoms with Gasteiger partial charge in [-0.3, -0.25) is 19.2 Å². The number of methoxy groups -OCH3 is 2. The smallest absolute Gasteiger partial charge is 0.310 e. The Morgan fingerprint density at radius 2 is 1.30 bits per heavy atom. The Kier molecular flexibility index (Phi) is 14.3. The molecule has 64 heavy (non-hydrogen) atoms. The lowest BCUT2D eigenvalue weighted by Gasteiger charge is -2.13. The topological polar surface area (TPSA) is 211 Å². The summed E-state index contributed by atoms with van der Waals surface area (Å²) >= 11 is 0. The van der Waals surface area contributed by atoms with Crippen molar-refractivity contribution in [1.29, 1.82) is 0 Å². The Morgan fingerprint density at radius 1 is 0.703 bits per heavy atom. The van der Waals surface area contributed by atoms with Crippen LogP contribution < -0.4 is 16.0 Å². The van der Waals surface area contributed by atoms with E-state index in [1.807, 2.05) is 40.7 Å². The van der Waals surface area contributed by atoms with Crippen LogP contribution in [0.15, 0.2) is 80.2 Å². The van der Waals surface area contributed by atoms with Crippen molar-refractivity contribution >= 4 is 67.4 Å². The minimum absolute atomic E-state index is 0.0528. The quantitative estimate of drug-likeness (QED) is 0.131. The number of ether oxygens (including phenoxy) is 2. The second-order valence-corrected chi connectivity index (χ2v) is 20.6. The Balaban J connectivity index is 1.36. The van der Waals surface area contributed by atoms with Crippen LogP contribution in [0.2, 0.25) is 0 Å². The zero-order chi connectivity index (χ0) is 46.7. The number of carbonyl (C=O) groups is 4. The van der Waals surface area contributed by atoms with E-state index in [2.05, 4.69) is 20.3 Å². The summed E-state index contributed by atoms with van der Waals surface area (Å²) in [5, 5.41) is 4.11. The second-order valence-electron chi connectivity index (χ2n) is 16.4. The fourth-order valence-electron chi connectivity index (χ4n) is 8.03. The number of nitrogens with one attached hydrogen (secondary N) is 3. The van der Waals surface area contributed by atoms with Gasteiger partial charge in [0.15, 0.2) is 19.7 Å². The molecule has 2 aromatic carbocycles. The van der Waals surface area contributed by atoms with Crippen molar-refractivity contribution in [3.8, 4) is 0 Å². The molecule has 14 nitrogen and oxygen atoms in total. The van der Waals surface area contributed by atoms with E-state index in [9.17, 15) is 36.0 Å². The number of sulfone groups is 2. The van der Waals surface area contributed by atoms with Crippen molar-refractivity contribution < 1.29 is 45.5 Å². The number of aromatic nitrogens is 2. The molecule has 4 aromatic rings. The van der Waals surface area contributed by atoms with E-state index in [0.717, 1.165) is 22.3 Å². The Bertz CT molecular complexity index is 2970. The third kappa shape index (κ3) is 10.5. The summed E-state index contributed by atoms with van der Waals surface area (Å²) in [6, 6.07) is 13.2. The maximum Gasteiger partial charge on any atom is 0.310 e. The van der Waals surface area contributed by atoms with Crippen molar-refractivity contribution in [2.24, 2.45) is 16.8 Å². The molecule has 1 saturated heterocycles. The molecule has 6 rings (SSSR count). The van der Waals surface area contributed by atoms with Crippen LogP contribution in [0.1, 0.15) is 77.9 Å². The Hall–Kier alpha value is -6.13. The van der Waals surface area contributed by atoms with E-state index in [0.29, 0.717) is 55.8 Å². The molecule has 2 aliphatic rings. The van der Waals surface area contributed by atoms with Gasteiger partial charge in [-0.2, -0.15) is 0 Å². The molecule has 2 amide bonds. The van der Waals surface area contributed by atoms with Gasteiger partial charge in [-0.05, 0) is 124 Å². The van der Waals surface area contributed by atoms with Crippen LogP contribution in [0, 0.1) is 39.5 Å². The zero-order valence-corrected chi connectivity index (χ0v) is 38.9. The van der Waals surface area contributed by atoms with Crippen molar-refractivity contribution in [1.82, 2.24) is 15.3 Å². The Morgan fingerprint density at radius 3 is 1.89 bits per heavy atom. The Labute approximate surface area is 373 Å². The monoisotopic (exact) mass is 910 g/mol. The lowest BCUT2D eigenvalue weighted by atomic mass is 9.92. The van der Waals surface area contributed by atoms with E-state index in [-0.39, 0.29) is 65.2 Å². The molecule has 2 unspecified atom stereocenters. The largest absolute Gasteiger partial charge is 0.469 e. The molecular weight excluding hydrogens is 857 g/mol. The third-order valence-corrected chi connectivity index (χ3v) is 15.7. The summed E-state index contributed by atoms with van der Waals surface area (Å²) in [6.07, 6.45) is 5.73. The van der Waals surface area contributed by atoms with Crippen LogP contribution in [0.25, 0.3) is 18.2 Å². The number of hydrogen-bond acceptors (Lipinski definition) is 10. The number of H-pyrrole nitrogens is 2. The molecule has 16 heteroatoms. The van der Waals surface area contributed by atoms with Crippen LogP contribution in [0.5, 0.6) is 0 Å². The lowest BCUT2D eigenvalue weighted by molar-refractivity contribution is -0.141. The summed E-state index contributed by atoms with van der Waals surface area (Å²) in [7, 11) is -4.68. The maximum absolute atomic E-state index is 13.3. The van der Waals surface area contributed by atoms with Gasteiger partial charge in [-0.25, -0.2) is 21.8 Å². The van der Waals surface area contributed by atoms with Gasteiger partial charge >= 0.3 is 11.9 Å². The van der Waals surface area contributed by atoms with Crippen molar-refractivity contribution in [2.75, 3.05) is 25.7 Å². The summed E-state index contributed by atoms with van der Waals surface area (Å²) in [4.78, 5) is 63.0. The molecule has 3 N–H and O–H groups in total. The van der Waals surface area contributed by atoms with Gasteiger partial charge in [0.1, 0.15) is 0 Å². The van der Waals surface area contributed by atoms with E-state index < -0.39 is 43.4 Å². The molecule has 2 atom stereocenters. The normalized spacial score (nSPS) is 18.0. The van der Waals surface area contributed by atoms with Gasteiger partial charge in [-0.1, -0.05) is 42.3 Å². The number of carbonyl (C=O) groups excluding carboxylic acids is 4. The number of benzene rings is 2. The van der Waals surface area contributed by atoms with Crippen molar-refractivity contribution in [3.05, 3.63) is 121 Å². The predicted octanol–water partition coefficient (Wildman–Crippen LogP) is 4.76. The summed E-state index contributed by atoms with van der Waals surface area (Å²) < 4.78 is 62.9. The first-order chi connectivity index (χ1) is 30.2. The van der Waals surface area contributed by atoms with Gasteiger partial charge < -0.3 is 24.8 Å². The fourth-order valence-corrected chi connectivity index (χ4v) is 10.6. The van der Waals surface area contributed by atoms with Crippen LogP contribution in [-0.2, 0) is 61.2 Å². The molecule has 0 spiro atoms. The number of rotatable bonds is 16. The maximum atomic E-state index is 13.3. The van der Waals surface area contributed by atoms with E-state index >= 15 is 0 Å². The number of hydrogen-bond donors (Lipinski definition) is 3. The number of aryl methyl sites for hydroxylation is 2. The SMILES string of the molecule is COC(=O)CCc1c(C)c(=CC2=NC(=O)C(C)=C2CCS(=O)(=O)c2ccc(C)cc2)[nH]/c1=C\c1[nH]c(/C=C2\NC(=O)C(CCS(=O)(=O)c3ccc(C)cc3)C2C)c(C)c1CC(=O)OC. The van der Waals surface area contributed by atoms with Gasteiger partial charge in [0.25, 0.3) is 5.91 Å². The highest BCUT2D eigenvalue weighted by molar-refractivity contribution is 7.91. The molecule has 0 saturated carbocycles. The van der Waals surface area contributed by atoms with Gasteiger partial charge in [-0.15, -0.1) is 0 Å². The first kappa shape index (κ1) is 47.4. The van der Waals surface area contributed by atoms with E-state index in [4.69, 9.17) is 9.47 Å². The number of amides is 2. The average molecular weight is 911 g/mol. The zero-order valence-electron chi connectivity index (χ0n) is 37.3. The summed E-state index contributed by atoms with van der Waals surface area (Å²) in [5.74, 6) is -3.01. The van der Waals surface area contributed by atoms with Crippen LogP contribution >= 0.6 is 0 Å². The number of allylic oxidation sites excluding steroid dienone is 2. The highest BCUT2D eigenvalue weighted by Gasteiger charge is 2.37. The summed E-state index contributed by atoms with van der Waals surface area (Å²) in [6.45, 7) is 10.9. The molecule has 2 aromatic heterocycles. The highest BCUT2D eigenvalue weighted by Crippen LogP contribution is 2.33. The second kappa shape index (κ2) is 19.3. The minimum atomic E-state index is -3.67. The van der Waals surface area contributed by atoms with Crippen molar-refractivity contribution in [2.45, 2.75) is 83.4 Å². The number of esters is 2. The molecule has 0 bridgehead atoms. The molecular formula is C48H54N4O10S2. The highest BCUT2D eigenvalue weighted by atomic mass is 32.2. The number of aromatic amines is 2. The van der Waals surface area contributed by atoms with Gasteiger partial charge in [0, 0.05) is 51.6 Å². The summed E-state index contributed by atoms with van der Waals surface area (Å²) in [5.41, 5.74) is 7.65. The van der Waals surface area contributed by atoms with E-state index in [1.54, 1.807) is 67.6 Å². The molecule has 0 radical (unpaired) electrons. The average Bonchev–Trinajstić information content (AvgIpc) is 3.90. The number of aliphatic imine (C=N–C) groups is 1. The number of nitrogens with zero attached hydrogens (tertiary/aromatic N) is 1. The molecule has 4 heterocycles. The van der Waals surface area contributed by atoms with Crippen molar-refractivity contribution in [3.63, 3.8) is 0 Å². The van der Waals surface area contributed by atoms with E-state index in [1.165, 1.54) is 14.2 Å². The fraction of sp³-hybridized carbons (Fsp3) is 0.354. The standard InChI is InChI=1S/C48H54N4O10S2/c1-27-9-13-33(14-10-27)63(57,58)21-19-36-32(6)47(55)52-43(36)25-40-29(3)35(17-18-45(53)61-7)42(49-40)26-44-38(23-46(54)62-8)31(5)39(50-44)24-41-30(4)37(48(56)51-41)20-22-64(59,60)34-15-11-28(2)12-16-34/h9-16,24-26,30,37,49-50H,17-23H2,1-8H3,(H,51,56)/b40-25?,41-24-,42-26-.